The summed E-state index contributed by atoms with van der Waals surface area (Å²) in [6.45, 7) is 11.4. The molecule has 0 aliphatic carbocycles. The van der Waals surface area contributed by atoms with Gasteiger partial charge < -0.3 is 0 Å². The van der Waals surface area contributed by atoms with Gasteiger partial charge in [-0.05, 0) is 68.1 Å². The van der Waals surface area contributed by atoms with E-state index in [1.807, 2.05) is 18.2 Å². The summed E-state index contributed by atoms with van der Waals surface area (Å²) in [5, 5.41) is 9.75. The SMILES string of the molecule is C[C@H](c1ccc(C#N)c(-c2ccc3c(n2)n(C)c(=O)n3CC(C)(C)C)c1)N1CCCCC1. The first-order chi connectivity index (χ1) is 15.2. The lowest BCUT2D eigenvalue weighted by atomic mass is 9.96. The highest BCUT2D eigenvalue weighted by Crippen LogP contribution is 2.31. The van der Waals surface area contributed by atoms with E-state index in [2.05, 4.69) is 50.8 Å². The zero-order valence-corrected chi connectivity index (χ0v) is 19.9. The molecule has 0 radical (unpaired) electrons. The number of likely N-dealkylation sites (tertiary alicyclic amines) is 1. The van der Waals surface area contributed by atoms with E-state index in [1.54, 1.807) is 16.2 Å². The van der Waals surface area contributed by atoms with E-state index >= 15 is 0 Å². The molecule has 0 bridgehead atoms. The second kappa shape index (κ2) is 8.55. The fourth-order valence-electron chi connectivity index (χ4n) is 4.70. The second-order valence-corrected chi connectivity index (χ2v) is 10.2. The van der Waals surface area contributed by atoms with E-state index in [1.165, 1.54) is 24.8 Å². The van der Waals surface area contributed by atoms with Crippen LogP contribution in [0.1, 0.15) is 64.1 Å². The Bertz CT molecular complexity index is 1230. The predicted molar refractivity (Wildman–Crippen MR) is 128 cm³/mol. The summed E-state index contributed by atoms with van der Waals surface area (Å²) < 4.78 is 3.41. The zero-order chi connectivity index (χ0) is 23.0. The molecule has 4 rings (SSSR count). The molecule has 0 saturated carbocycles. The van der Waals surface area contributed by atoms with Crippen molar-refractivity contribution < 1.29 is 0 Å². The van der Waals surface area contributed by atoms with E-state index in [9.17, 15) is 10.1 Å². The van der Waals surface area contributed by atoms with Gasteiger partial charge in [-0.1, -0.05) is 33.3 Å². The highest BCUT2D eigenvalue weighted by atomic mass is 16.1. The van der Waals surface area contributed by atoms with Crippen molar-refractivity contribution in [1.29, 1.82) is 5.26 Å². The third kappa shape index (κ3) is 4.22. The normalized spacial score (nSPS) is 16.2. The van der Waals surface area contributed by atoms with Crippen LogP contribution in [0.5, 0.6) is 0 Å². The monoisotopic (exact) mass is 431 g/mol. The van der Waals surface area contributed by atoms with Crippen LogP contribution in [0, 0.1) is 16.7 Å². The highest BCUT2D eigenvalue weighted by Gasteiger charge is 2.21. The maximum atomic E-state index is 12.9. The standard InChI is InChI=1S/C26H33N5O/c1-18(30-13-7-6-8-14-30)19-9-10-20(16-27)21(15-19)22-11-12-23-24(28-22)29(5)25(32)31(23)17-26(2,3)4/h9-12,15,18H,6-8,13-14,17H2,1-5H3/t18-/m1/s1. The number of nitriles is 1. The van der Waals surface area contributed by atoms with E-state index in [-0.39, 0.29) is 11.1 Å². The minimum Gasteiger partial charge on any atom is -0.297 e. The molecule has 1 fully saturated rings. The molecule has 0 unspecified atom stereocenters. The molecule has 32 heavy (non-hydrogen) atoms. The van der Waals surface area contributed by atoms with Gasteiger partial charge in [0.25, 0.3) is 0 Å². The molecular weight excluding hydrogens is 398 g/mol. The minimum atomic E-state index is -0.0625. The number of pyridine rings is 1. The molecule has 2 aromatic heterocycles. The van der Waals surface area contributed by atoms with Crippen molar-refractivity contribution in [1.82, 2.24) is 19.0 Å². The summed E-state index contributed by atoms with van der Waals surface area (Å²) in [7, 11) is 1.76. The summed E-state index contributed by atoms with van der Waals surface area (Å²) in [5.41, 5.74) is 4.74. The number of hydrogen-bond donors (Lipinski definition) is 0. The van der Waals surface area contributed by atoms with Crippen molar-refractivity contribution in [2.24, 2.45) is 12.5 Å². The minimum absolute atomic E-state index is 0.0241. The first-order valence-corrected chi connectivity index (χ1v) is 11.5. The van der Waals surface area contributed by atoms with Gasteiger partial charge in [-0.15, -0.1) is 0 Å². The fraction of sp³-hybridized carbons (Fsp3) is 0.500. The lowest BCUT2D eigenvalue weighted by Crippen LogP contribution is -2.32. The number of fused-ring (bicyclic) bond motifs is 1. The Morgan fingerprint density at radius 2 is 1.84 bits per heavy atom. The number of hydrogen-bond acceptors (Lipinski definition) is 4. The van der Waals surface area contributed by atoms with Gasteiger partial charge in [0.2, 0.25) is 0 Å². The molecule has 6 heteroatoms. The first-order valence-electron chi connectivity index (χ1n) is 11.5. The van der Waals surface area contributed by atoms with Gasteiger partial charge in [0.1, 0.15) is 0 Å². The Morgan fingerprint density at radius 3 is 2.50 bits per heavy atom. The molecule has 0 amide bonds. The molecular formula is C26H33N5O. The van der Waals surface area contributed by atoms with Crippen molar-refractivity contribution in [3.8, 4) is 17.3 Å². The van der Waals surface area contributed by atoms with Crippen LogP contribution in [-0.4, -0.2) is 32.1 Å². The number of aromatic nitrogens is 3. The van der Waals surface area contributed by atoms with E-state index in [0.29, 0.717) is 23.8 Å². The summed E-state index contributed by atoms with van der Waals surface area (Å²) in [5.74, 6) is 0. The molecule has 3 heterocycles. The van der Waals surface area contributed by atoms with Gasteiger partial charge in [0, 0.05) is 25.2 Å². The molecule has 1 atom stereocenters. The number of imidazole rings is 1. The van der Waals surface area contributed by atoms with E-state index < -0.39 is 0 Å². The molecule has 1 saturated heterocycles. The molecule has 3 aromatic rings. The first kappa shape index (κ1) is 22.3. The largest absolute Gasteiger partial charge is 0.330 e. The van der Waals surface area contributed by atoms with Crippen LogP contribution in [0.15, 0.2) is 35.1 Å². The Balaban J connectivity index is 1.79. The summed E-state index contributed by atoms with van der Waals surface area (Å²) in [6.07, 6.45) is 3.79. The van der Waals surface area contributed by atoms with Crippen LogP contribution in [0.25, 0.3) is 22.4 Å². The summed E-state index contributed by atoms with van der Waals surface area (Å²) in [6, 6.07) is 12.6. The Hall–Kier alpha value is -2.91. The van der Waals surface area contributed by atoms with Crippen LogP contribution in [-0.2, 0) is 13.6 Å². The predicted octanol–water partition coefficient (Wildman–Crippen LogP) is 4.87. The third-order valence-corrected chi connectivity index (χ3v) is 6.47. The summed E-state index contributed by atoms with van der Waals surface area (Å²) >= 11 is 0. The average molecular weight is 432 g/mol. The van der Waals surface area contributed by atoms with Crippen molar-refractivity contribution >= 4 is 11.2 Å². The van der Waals surface area contributed by atoms with Gasteiger partial charge in [-0.2, -0.15) is 5.26 Å². The Morgan fingerprint density at radius 1 is 1.12 bits per heavy atom. The molecule has 1 aliphatic heterocycles. The molecule has 1 aromatic carbocycles. The van der Waals surface area contributed by atoms with Gasteiger partial charge in [0.05, 0.1) is 22.8 Å². The lowest BCUT2D eigenvalue weighted by molar-refractivity contribution is 0.175. The van der Waals surface area contributed by atoms with Crippen LogP contribution in [0.4, 0.5) is 0 Å². The number of benzene rings is 1. The smallest absolute Gasteiger partial charge is 0.297 e. The highest BCUT2D eigenvalue weighted by molar-refractivity contribution is 5.78. The van der Waals surface area contributed by atoms with Crippen LogP contribution < -0.4 is 5.69 Å². The van der Waals surface area contributed by atoms with Crippen molar-refractivity contribution in [2.45, 2.75) is 59.5 Å². The van der Waals surface area contributed by atoms with Gasteiger partial charge in [0.15, 0.2) is 5.65 Å². The zero-order valence-electron chi connectivity index (χ0n) is 19.9. The lowest BCUT2D eigenvalue weighted by Gasteiger charge is -2.32. The molecule has 0 N–H and O–H groups in total. The second-order valence-electron chi connectivity index (χ2n) is 10.2. The van der Waals surface area contributed by atoms with Gasteiger partial charge in [-0.25, -0.2) is 9.78 Å². The Labute approximate surface area is 190 Å². The number of nitrogens with zero attached hydrogens (tertiary/aromatic N) is 5. The molecule has 168 valence electrons. The molecule has 6 nitrogen and oxygen atoms in total. The molecule has 1 aliphatic rings. The van der Waals surface area contributed by atoms with Gasteiger partial charge in [-0.3, -0.25) is 14.0 Å². The number of rotatable bonds is 4. The van der Waals surface area contributed by atoms with Crippen LogP contribution in [0.2, 0.25) is 0 Å². The maximum Gasteiger partial charge on any atom is 0.330 e. The van der Waals surface area contributed by atoms with Crippen molar-refractivity contribution in [3.05, 3.63) is 51.9 Å². The Kier molecular flexibility index (Phi) is 5.96. The van der Waals surface area contributed by atoms with Crippen molar-refractivity contribution in [3.63, 3.8) is 0 Å². The fourth-order valence-corrected chi connectivity index (χ4v) is 4.70. The molecule has 0 spiro atoms. The van der Waals surface area contributed by atoms with Crippen LogP contribution >= 0.6 is 0 Å². The topological polar surface area (TPSA) is 66.8 Å². The van der Waals surface area contributed by atoms with Crippen LogP contribution in [0.3, 0.4) is 0 Å². The maximum absolute atomic E-state index is 12.9. The third-order valence-electron chi connectivity index (χ3n) is 6.47. The van der Waals surface area contributed by atoms with E-state index in [4.69, 9.17) is 4.98 Å². The van der Waals surface area contributed by atoms with Crippen molar-refractivity contribution in [2.75, 3.05) is 13.1 Å². The number of piperidine rings is 1. The van der Waals surface area contributed by atoms with Gasteiger partial charge >= 0.3 is 5.69 Å². The quantitative estimate of drug-likeness (QED) is 0.591. The summed E-state index contributed by atoms with van der Waals surface area (Å²) in [4.78, 5) is 20.3. The number of aryl methyl sites for hydroxylation is 1. The average Bonchev–Trinajstić information content (AvgIpc) is 3.02. The van der Waals surface area contributed by atoms with E-state index in [0.717, 1.165) is 29.9 Å².